The zero-order valence-corrected chi connectivity index (χ0v) is 25.8. The van der Waals surface area contributed by atoms with Crippen molar-refractivity contribution in [2.75, 3.05) is 32.6 Å². The van der Waals surface area contributed by atoms with Crippen LogP contribution in [0.2, 0.25) is 0 Å². The molecule has 0 atom stereocenters. The molecule has 3 aromatic carbocycles. The van der Waals surface area contributed by atoms with E-state index in [4.69, 9.17) is 9.72 Å². The maximum Gasteiger partial charge on any atom is 0.253 e. The van der Waals surface area contributed by atoms with Crippen LogP contribution in [-0.2, 0) is 16.2 Å². The molecule has 8 heteroatoms. The molecule has 0 aliphatic rings. The normalized spacial score (nSPS) is 11.0. The van der Waals surface area contributed by atoms with Crippen LogP contribution in [0.4, 0.5) is 5.69 Å². The number of carbonyl (C=O) groups is 3. The molecule has 0 saturated heterocycles. The van der Waals surface area contributed by atoms with E-state index in [1.807, 2.05) is 51.1 Å². The number of hydrogen-bond acceptors (Lipinski definition) is 5. The molecule has 4 rings (SSSR count). The summed E-state index contributed by atoms with van der Waals surface area (Å²) in [5.74, 6) is -0.0197. The lowest BCUT2D eigenvalue weighted by atomic mass is 10.0. The number of aromatic nitrogens is 1. The Morgan fingerprint density at radius 3 is 2.33 bits per heavy atom. The summed E-state index contributed by atoms with van der Waals surface area (Å²) in [6, 6.07) is 18.8. The van der Waals surface area contributed by atoms with E-state index in [1.165, 1.54) is 11.0 Å². The molecule has 4 aromatic rings. The van der Waals surface area contributed by atoms with Crippen molar-refractivity contribution in [2.45, 2.75) is 34.3 Å². The third-order valence-corrected chi connectivity index (χ3v) is 7.45. The maximum absolute atomic E-state index is 13.0. The smallest absolute Gasteiger partial charge is 0.253 e. The summed E-state index contributed by atoms with van der Waals surface area (Å²) in [4.78, 5) is 45.2. The Hall–Kier alpha value is -4.98. The van der Waals surface area contributed by atoms with Crippen LogP contribution < -0.4 is 15.0 Å². The summed E-state index contributed by atoms with van der Waals surface area (Å²) in [6.45, 7) is 8.20. The molecule has 0 bridgehead atoms. The second kappa shape index (κ2) is 13.3. The number of fused-ring (bicyclic) bond motifs is 1. The summed E-state index contributed by atoms with van der Waals surface area (Å²) in [7, 11) is 5.09. The van der Waals surface area contributed by atoms with Gasteiger partial charge in [0.25, 0.3) is 5.91 Å². The van der Waals surface area contributed by atoms with Crippen molar-refractivity contribution in [1.29, 1.82) is 0 Å². The monoisotopic (exact) mass is 578 g/mol. The number of nitrogens with one attached hydrogen (secondary N) is 1. The van der Waals surface area contributed by atoms with E-state index in [0.717, 1.165) is 50.1 Å². The number of carbonyl (C=O) groups excluding carboxylic acids is 3. The molecule has 3 amide bonds. The Labute approximate surface area is 253 Å². The number of benzene rings is 3. The third-order valence-electron chi connectivity index (χ3n) is 7.45. The van der Waals surface area contributed by atoms with Crippen molar-refractivity contribution >= 4 is 40.4 Å². The number of amides is 3. The maximum atomic E-state index is 13.0. The fraction of sp³-hybridized carbons (Fsp3) is 0.257. The van der Waals surface area contributed by atoms with E-state index in [-0.39, 0.29) is 24.3 Å². The summed E-state index contributed by atoms with van der Waals surface area (Å²) >= 11 is 0. The van der Waals surface area contributed by atoms with Crippen molar-refractivity contribution < 1.29 is 19.1 Å². The van der Waals surface area contributed by atoms with Gasteiger partial charge in [0.15, 0.2) is 0 Å². The Kier molecular flexibility index (Phi) is 9.60. The summed E-state index contributed by atoms with van der Waals surface area (Å²) < 4.78 is 6.29. The zero-order valence-electron chi connectivity index (χ0n) is 25.8. The average molecular weight is 579 g/mol. The number of rotatable bonds is 9. The number of para-hydroxylation sites is 1. The fourth-order valence-corrected chi connectivity index (χ4v) is 4.93. The van der Waals surface area contributed by atoms with Crippen molar-refractivity contribution in [3.63, 3.8) is 0 Å². The Balaban J connectivity index is 1.39. The molecule has 43 heavy (non-hydrogen) atoms. The topological polar surface area (TPSA) is 91.8 Å². The molecule has 0 aliphatic carbocycles. The van der Waals surface area contributed by atoms with Crippen LogP contribution in [0.5, 0.6) is 5.75 Å². The molecule has 222 valence electrons. The van der Waals surface area contributed by atoms with Crippen molar-refractivity contribution in [1.82, 2.24) is 15.2 Å². The number of anilines is 1. The minimum atomic E-state index is -0.390. The van der Waals surface area contributed by atoms with Crippen LogP contribution in [0.1, 0.15) is 43.9 Å². The Bertz CT molecular complexity index is 1710. The predicted molar refractivity (Wildman–Crippen MR) is 171 cm³/mol. The standard InChI is InChI=1S/C35H38N4O4/c1-22-11-17-30(25(4)29(22)21-43-31-10-8-9-28-23(2)19-24(3)37-34(28)31)39(7)33(41)20-36-32(40)18-14-26-12-15-27(16-13-26)35(42)38(5)6/h8-19H,20-21H2,1-7H3,(H,36,40)/b18-14+. The van der Waals surface area contributed by atoms with Crippen LogP contribution in [-0.4, -0.2) is 55.3 Å². The highest BCUT2D eigenvalue weighted by atomic mass is 16.5. The van der Waals surface area contributed by atoms with Crippen LogP contribution in [0.3, 0.4) is 0 Å². The number of hydrogen-bond donors (Lipinski definition) is 1. The molecule has 1 N–H and O–H groups in total. The van der Waals surface area contributed by atoms with Gasteiger partial charge in [0.1, 0.15) is 17.9 Å². The van der Waals surface area contributed by atoms with Gasteiger partial charge in [-0.1, -0.05) is 30.3 Å². The van der Waals surface area contributed by atoms with Crippen molar-refractivity contribution in [3.05, 3.63) is 106 Å². The summed E-state index contributed by atoms with van der Waals surface area (Å²) in [5.41, 5.74) is 7.97. The Morgan fingerprint density at radius 1 is 0.907 bits per heavy atom. The fourth-order valence-electron chi connectivity index (χ4n) is 4.93. The number of nitrogens with zero attached hydrogens (tertiary/aromatic N) is 3. The molecule has 8 nitrogen and oxygen atoms in total. The minimum absolute atomic E-state index is 0.0911. The molecular formula is C35H38N4O4. The van der Waals surface area contributed by atoms with Crippen LogP contribution in [0.25, 0.3) is 17.0 Å². The highest BCUT2D eigenvalue weighted by molar-refractivity contribution is 5.99. The highest BCUT2D eigenvalue weighted by Crippen LogP contribution is 2.30. The molecular weight excluding hydrogens is 540 g/mol. The van der Waals surface area contributed by atoms with E-state index < -0.39 is 0 Å². The SMILES string of the molecule is Cc1cc(C)c2cccc(OCc3c(C)ccc(N(C)C(=O)CNC(=O)/C=C/c4ccc(C(=O)N(C)C)cc4)c3C)c2n1. The second-order valence-electron chi connectivity index (χ2n) is 10.9. The number of aryl methyl sites for hydroxylation is 3. The van der Waals surface area contributed by atoms with Crippen LogP contribution in [0.15, 0.2) is 66.7 Å². The molecule has 1 heterocycles. The van der Waals surface area contributed by atoms with Crippen LogP contribution in [0, 0.1) is 27.7 Å². The van der Waals surface area contributed by atoms with Gasteiger partial charge in [0.2, 0.25) is 11.8 Å². The first kappa shape index (κ1) is 31.0. The minimum Gasteiger partial charge on any atom is -0.487 e. The molecule has 0 unspecified atom stereocenters. The van der Waals surface area contributed by atoms with E-state index >= 15 is 0 Å². The van der Waals surface area contributed by atoms with E-state index in [0.29, 0.717) is 17.9 Å². The summed E-state index contributed by atoms with van der Waals surface area (Å²) in [6.07, 6.45) is 3.01. The lowest BCUT2D eigenvalue weighted by molar-refractivity contribution is -0.122. The van der Waals surface area contributed by atoms with Gasteiger partial charge in [-0.2, -0.15) is 0 Å². The van der Waals surface area contributed by atoms with Gasteiger partial charge in [-0.3, -0.25) is 14.4 Å². The second-order valence-corrected chi connectivity index (χ2v) is 10.9. The number of likely N-dealkylation sites (N-methyl/N-ethyl adjacent to an activating group) is 1. The van der Waals surface area contributed by atoms with Crippen molar-refractivity contribution in [2.24, 2.45) is 0 Å². The first-order valence-electron chi connectivity index (χ1n) is 14.1. The molecule has 1 aromatic heterocycles. The molecule has 0 aliphatic heterocycles. The van der Waals surface area contributed by atoms with Gasteiger partial charge in [0.05, 0.1) is 6.54 Å². The zero-order chi connectivity index (χ0) is 31.3. The number of ether oxygens (including phenoxy) is 1. The Morgan fingerprint density at radius 2 is 1.63 bits per heavy atom. The average Bonchev–Trinajstić information content (AvgIpc) is 2.98. The van der Waals surface area contributed by atoms with Gasteiger partial charge in [-0.05, 0) is 91.9 Å². The van der Waals surface area contributed by atoms with Gasteiger partial charge in [-0.15, -0.1) is 0 Å². The quantitative estimate of drug-likeness (QED) is 0.263. The molecule has 0 fully saturated rings. The molecule has 0 radical (unpaired) electrons. The van der Waals surface area contributed by atoms with Crippen molar-refractivity contribution in [3.8, 4) is 5.75 Å². The highest BCUT2D eigenvalue weighted by Gasteiger charge is 2.18. The molecule has 0 saturated carbocycles. The van der Waals surface area contributed by atoms with E-state index in [2.05, 4.69) is 18.3 Å². The largest absolute Gasteiger partial charge is 0.487 e. The summed E-state index contributed by atoms with van der Waals surface area (Å²) in [5, 5.41) is 3.71. The van der Waals surface area contributed by atoms with Gasteiger partial charge < -0.3 is 19.9 Å². The van der Waals surface area contributed by atoms with Gasteiger partial charge in [-0.25, -0.2) is 4.98 Å². The third kappa shape index (κ3) is 7.27. The molecule has 0 spiro atoms. The lowest BCUT2D eigenvalue weighted by Gasteiger charge is -2.23. The first-order chi connectivity index (χ1) is 20.5. The number of pyridine rings is 1. The van der Waals surface area contributed by atoms with E-state index in [1.54, 1.807) is 56.4 Å². The van der Waals surface area contributed by atoms with Crippen LogP contribution >= 0.6 is 0 Å². The van der Waals surface area contributed by atoms with Gasteiger partial charge in [0, 0.05) is 49.6 Å². The van der Waals surface area contributed by atoms with E-state index in [9.17, 15) is 14.4 Å². The van der Waals surface area contributed by atoms with Gasteiger partial charge >= 0.3 is 0 Å². The predicted octanol–water partition coefficient (Wildman–Crippen LogP) is 5.54. The lowest BCUT2D eigenvalue weighted by Crippen LogP contribution is -2.38. The first-order valence-corrected chi connectivity index (χ1v) is 14.1.